The maximum absolute atomic E-state index is 12.4. The van der Waals surface area contributed by atoms with Gasteiger partial charge in [-0.2, -0.15) is 0 Å². The van der Waals surface area contributed by atoms with Crippen molar-refractivity contribution < 1.29 is 14.3 Å². The van der Waals surface area contributed by atoms with E-state index in [0.717, 1.165) is 10.9 Å². The third-order valence-corrected chi connectivity index (χ3v) is 3.84. The molecule has 1 saturated heterocycles. The summed E-state index contributed by atoms with van der Waals surface area (Å²) in [6.07, 6.45) is 0.431. The fraction of sp³-hybridized carbons (Fsp3) is 0.429. The largest absolute Gasteiger partial charge is 0.453 e. The van der Waals surface area contributed by atoms with Crippen LogP contribution in [0.4, 0.5) is 4.79 Å². The molecule has 1 heterocycles. The first-order valence-electron chi connectivity index (χ1n) is 6.49. The molecule has 1 fully saturated rings. The van der Waals surface area contributed by atoms with Crippen LogP contribution in [0.15, 0.2) is 28.7 Å². The van der Waals surface area contributed by atoms with Gasteiger partial charge in [0, 0.05) is 36.2 Å². The van der Waals surface area contributed by atoms with Crippen LogP contribution >= 0.6 is 15.9 Å². The minimum Gasteiger partial charge on any atom is -0.453 e. The molecule has 108 valence electrons. The van der Waals surface area contributed by atoms with Gasteiger partial charge in [-0.3, -0.25) is 4.79 Å². The van der Waals surface area contributed by atoms with Gasteiger partial charge in [0.05, 0.1) is 7.11 Å². The van der Waals surface area contributed by atoms with Crippen molar-refractivity contribution in [3.8, 4) is 0 Å². The molecule has 0 atom stereocenters. The van der Waals surface area contributed by atoms with Crippen LogP contribution in [0.25, 0.3) is 0 Å². The highest BCUT2D eigenvalue weighted by Gasteiger charge is 2.22. The Bertz CT molecular complexity index is 490. The number of benzene rings is 1. The number of carbonyl (C=O) groups is 2. The zero-order chi connectivity index (χ0) is 14.5. The standard InChI is InChI=1S/C14H17BrN2O3/c1-20-14(19)17-8-2-7-16(9-10-17)13(18)11-3-5-12(15)6-4-11/h3-6H,2,7-10H2,1H3. The summed E-state index contributed by atoms with van der Waals surface area (Å²) < 4.78 is 5.66. The van der Waals surface area contributed by atoms with Gasteiger partial charge in [0.1, 0.15) is 0 Å². The minimum absolute atomic E-state index is 0.00390. The van der Waals surface area contributed by atoms with E-state index in [1.165, 1.54) is 7.11 Å². The lowest BCUT2D eigenvalue weighted by Gasteiger charge is -2.21. The molecule has 20 heavy (non-hydrogen) atoms. The van der Waals surface area contributed by atoms with Crippen LogP contribution in [0.2, 0.25) is 0 Å². The molecule has 2 amide bonds. The maximum atomic E-state index is 12.4. The molecule has 0 aliphatic carbocycles. The number of rotatable bonds is 1. The number of carbonyl (C=O) groups excluding carboxylic acids is 2. The van der Waals surface area contributed by atoms with Crippen LogP contribution in [0.1, 0.15) is 16.8 Å². The molecule has 0 saturated carbocycles. The van der Waals surface area contributed by atoms with Crippen molar-refractivity contribution in [3.63, 3.8) is 0 Å². The van der Waals surface area contributed by atoms with Crippen molar-refractivity contribution in [1.82, 2.24) is 9.80 Å². The summed E-state index contributed by atoms with van der Waals surface area (Å²) in [5, 5.41) is 0. The Balaban J connectivity index is 2.01. The van der Waals surface area contributed by atoms with Crippen LogP contribution in [0, 0.1) is 0 Å². The highest BCUT2D eigenvalue weighted by molar-refractivity contribution is 9.10. The van der Waals surface area contributed by atoms with Gasteiger partial charge in [-0.1, -0.05) is 15.9 Å². The van der Waals surface area contributed by atoms with Crippen molar-refractivity contribution in [2.24, 2.45) is 0 Å². The van der Waals surface area contributed by atoms with Gasteiger partial charge < -0.3 is 14.5 Å². The van der Waals surface area contributed by atoms with Gasteiger partial charge in [-0.05, 0) is 30.7 Å². The molecule has 0 spiro atoms. The number of ether oxygens (including phenoxy) is 1. The Kier molecular flexibility index (Phi) is 5.00. The lowest BCUT2D eigenvalue weighted by atomic mass is 10.2. The molecule has 1 aromatic rings. The summed E-state index contributed by atoms with van der Waals surface area (Å²) in [6, 6.07) is 7.31. The average Bonchev–Trinajstić information content (AvgIpc) is 2.72. The highest BCUT2D eigenvalue weighted by atomic mass is 79.9. The Morgan fingerprint density at radius 1 is 1.05 bits per heavy atom. The summed E-state index contributed by atoms with van der Waals surface area (Å²) in [4.78, 5) is 27.3. The van der Waals surface area contributed by atoms with Gasteiger partial charge in [0.2, 0.25) is 0 Å². The highest BCUT2D eigenvalue weighted by Crippen LogP contribution is 2.14. The van der Waals surface area contributed by atoms with Gasteiger partial charge >= 0.3 is 6.09 Å². The van der Waals surface area contributed by atoms with E-state index in [-0.39, 0.29) is 12.0 Å². The lowest BCUT2D eigenvalue weighted by Crippen LogP contribution is -2.37. The number of amides is 2. The first kappa shape index (κ1) is 14.8. The third kappa shape index (κ3) is 3.50. The van der Waals surface area contributed by atoms with Crippen LogP contribution in [0.5, 0.6) is 0 Å². The fourth-order valence-corrected chi connectivity index (χ4v) is 2.47. The summed E-state index contributed by atoms with van der Waals surface area (Å²) in [6.45, 7) is 2.32. The van der Waals surface area contributed by atoms with Crippen LogP contribution < -0.4 is 0 Å². The number of hydrogen-bond acceptors (Lipinski definition) is 3. The van der Waals surface area contributed by atoms with Gasteiger partial charge in [0.15, 0.2) is 0 Å². The van der Waals surface area contributed by atoms with E-state index in [9.17, 15) is 9.59 Å². The quantitative estimate of drug-likeness (QED) is 0.788. The topological polar surface area (TPSA) is 49.9 Å². The number of nitrogens with zero attached hydrogens (tertiary/aromatic N) is 2. The molecule has 0 aromatic heterocycles. The van der Waals surface area contributed by atoms with Crippen molar-refractivity contribution in [3.05, 3.63) is 34.3 Å². The van der Waals surface area contributed by atoms with Crippen LogP contribution in [-0.2, 0) is 4.74 Å². The molecular weight excluding hydrogens is 324 g/mol. The zero-order valence-corrected chi connectivity index (χ0v) is 12.9. The van der Waals surface area contributed by atoms with Gasteiger partial charge in [0.25, 0.3) is 5.91 Å². The fourth-order valence-electron chi connectivity index (χ4n) is 2.21. The van der Waals surface area contributed by atoms with Crippen molar-refractivity contribution in [1.29, 1.82) is 0 Å². The Labute approximate surface area is 126 Å². The van der Waals surface area contributed by atoms with E-state index < -0.39 is 0 Å². The second kappa shape index (κ2) is 6.74. The predicted molar refractivity (Wildman–Crippen MR) is 78.6 cm³/mol. The van der Waals surface area contributed by atoms with Gasteiger partial charge in [-0.15, -0.1) is 0 Å². The van der Waals surface area contributed by atoms with Crippen molar-refractivity contribution >= 4 is 27.9 Å². The molecular formula is C14H17BrN2O3. The molecule has 0 bridgehead atoms. The van der Waals surface area contributed by atoms with Gasteiger partial charge in [-0.25, -0.2) is 4.79 Å². The second-order valence-electron chi connectivity index (χ2n) is 4.61. The molecule has 1 aliphatic heterocycles. The number of methoxy groups -OCH3 is 1. The SMILES string of the molecule is COC(=O)N1CCCN(C(=O)c2ccc(Br)cc2)CC1. The normalized spacial score (nSPS) is 15.7. The molecule has 0 N–H and O–H groups in total. The van der Waals surface area contributed by atoms with Crippen LogP contribution in [-0.4, -0.2) is 55.1 Å². The number of halogens is 1. The smallest absolute Gasteiger partial charge is 0.409 e. The molecule has 0 unspecified atom stereocenters. The van der Waals surface area contributed by atoms with Crippen molar-refractivity contribution in [2.75, 3.05) is 33.3 Å². The first-order valence-corrected chi connectivity index (χ1v) is 7.29. The molecule has 1 aliphatic rings. The Morgan fingerprint density at radius 2 is 1.65 bits per heavy atom. The predicted octanol–water partition coefficient (Wildman–Crippen LogP) is 2.36. The molecule has 5 nitrogen and oxygen atoms in total. The monoisotopic (exact) mass is 340 g/mol. The lowest BCUT2D eigenvalue weighted by molar-refractivity contribution is 0.0757. The summed E-state index contributed by atoms with van der Waals surface area (Å²) in [7, 11) is 1.37. The summed E-state index contributed by atoms with van der Waals surface area (Å²) in [5.74, 6) is 0.00390. The van der Waals surface area contributed by atoms with E-state index in [2.05, 4.69) is 15.9 Å². The van der Waals surface area contributed by atoms with E-state index in [0.29, 0.717) is 31.7 Å². The van der Waals surface area contributed by atoms with E-state index in [1.807, 2.05) is 12.1 Å². The molecule has 1 aromatic carbocycles. The molecule has 6 heteroatoms. The van der Waals surface area contributed by atoms with Crippen molar-refractivity contribution in [2.45, 2.75) is 6.42 Å². The summed E-state index contributed by atoms with van der Waals surface area (Å²) >= 11 is 3.35. The molecule has 0 radical (unpaired) electrons. The molecule has 2 rings (SSSR count). The third-order valence-electron chi connectivity index (χ3n) is 3.31. The maximum Gasteiger partial charge on any atom is 0.409 e. The Morgan fingerprint density at radius 3 is 2.30 bits per heavy atom. The summed E-state index contributed by atoms with van der Waals surface area (Å²) in [5.41, 5.74) is 0.666. The van der Waals surface area contributed by atoms with E-state index >= 15 is 0 Å². The van der Waals surface area contributed by atoms with E-state index in [4.69, 9.17) is 4.74 Å². The Hall–Kier alpha value is -1.56. The second-order valence-corrected chi connectivity index (χ2v) is 5.53. The van der Waals surface area contributed by atoms with E-state index in [1.54, 1.807) is 21.9 Å². The average molecular weight is 341 g/mol. The number of hydrogen-bond donors (Lipinski definition) is 0. The van der Waals surface area contributed by atoms with Crippen LogP contribution in [0.3, 0.4) is 0 Å². The zero-order valence-electron chi connectivity index (χ0n) is 11.3. The first-order chi connectivity index (χ1) is 9.61. The minimum atomic E-state index is -0.331.